The van der Waals surface area contributed by atoms with Crippen molar-refractivity contribution in [1.29, 1.82) is 0 Å². The molecule has 0 aromatic carbocycles. The van der Waals surface area contributed by atoms with Crippen LogP contribution in [-0.4, -0.2) is 52.0 Å². The van der Waals surface area contributed by atoms with E-state index in [0.717, 1.165) is 13.1 Å². The standard InChI is InChI=1S/C11H17N5O/c1-3-5-15(4-2)11(17)10-8-16(14-13-10)9-6-12-7-9/h3,8-9,12H,1,4-7H2,2H3. The molecule has 0 unspecified atom stereocenters. The average Bonchev–Trinajstić information content (AvgIpc) is 2.71. The molecule has 1 fully saturated rings. The zero-order chi connectivity index (χ0) is 12.3. The Balaban J connectivity index is 2.07. The Bertz CT molecular complexity index is 410. The Kier molecular flexibility index (Phi) is 3.53. The third-order valence-corrected chi connectivity index (χ3v) is 2.88. The molecule has 1 amide bonds. The Morgan fingerprint density at radius 3 is 3.06 bits per heavy atom. The Hall–Kier alpha value is -1.69. The lowest BCUT2D eigenvalue weighted by Crippen LogP contribution is -2.43. The maximum Gasteiger partial charge on any atom is 0.276 e. The Morgan fingerprint density at radius 2 is 2.53 bits per heavy atom. The first-order valence-corrected chi connectivity index (χ1v) is 5.79. The van der Waals surface area contributed by atoms with Crippen LogP contribution in [0.3, 0.4) is 0 Å². The molecule has 1 N–H and O–H groups in total. The van der Waals surface area contributed by atoms with Gasteiger partial charge in [-0.2, -0.15) is 0 Å². The van der Waals surface area contributed by atoms with Crippen LogP contribution in [0, 0.1) is 0 Å². The van der Waals surface area contributed by atoms with Gasteiger partial charge >= 0.3 is 0 Å². The number of carbonyl (C=O) groups excluding carboxylic acids is 1. The fraction of sp³-hybridized carbons (Fsp3) is 0.545. The van der Waals surface area contributed by atoms with Gasteiger partial charge in [-0.25, -0.2) is 4.68 Å². The summed E-state index contributed by atoms with van der Waals surface area (Å²) < 4.78 is 1.76. The molecule has 0 aliphatic carbocycles. The van der Waals surface area contributed by atoms with Crippen molar-refractivity contribution in [3.8, 4) is 0 Å². The molecule has 2 heterocycles. The summed E-state index contributed by atoms with van der Waals surface area (Å²) >= 11 is 0. The van der Waals surface area contributed by atoms with Gasteiger partial charge in [0, 0.05) is 26.2 Å². The van der Waals surface area contributed by atoms with Crippen molar-refractivity contribution >= 4 is 5.91 Å². The second-order valence-electron chi connectivity index (χ2n) is 4.03. The van der Waals surface area contributed by atoms with Gasteiger partial charge in [0.2, 0.25) is 0 Å². The summed E-state index contributed by atoms with van der Waals surface area (Å²) in [6.45, 7) is 8.53. The minimum absolute atomic E-state index is 0.0917. The van der Waals surface area contributed by atoms with Crippen molar-refractivity contribution < 1.29 is 4.79 Å². The number of amides is 1. The van der Waals surface area contributed by atoms with E-state index in [1.54, 1.807) is 21.9 Å². The van der Waals surface area contributed by atoms with Crippen LogP contribution in [0.15, 0.2) is 18.9 Å². The predicted molar refractivity (Wildman–Crippen MR) is 63.7 cm³/mol. The molecule has 1 aliphatic rings. The first kappa shape index (κ1) is 11.8. The molecule has 6 nitrogen and oxygen atoms in total. The van der Waals surface area contributed by atoms with Crippen LogP contribution < -0.4 is 5.32 Å². The fourth-order valence-electron chi connectivity index (χ4n) is 1.69. The van der Waals surface area contributed by atoms with Crippen molar-refractivity contribution in [3.05, 3.63) is 24.5 Å². The largest absolute Gasteiger partial charge is 0.334 e. The lowest BCUT2D eigenvalue weighted by molar-refractivity contribution is 0.0776. The first-order valence-electron chi connectivity index (χ1n) is 5.79. The minimum Gasteiger partial charge on any atom is -0.334 e. The molecule has 0 radical (unpaired) electrons. The average molecular weight is 235 g/mol. The lowest BCUT2D eigenvalue weighted by atomic mass is 10.2. The molecule has 92 valence electrons. The van der Waals surface area contributed by atoms with E-state index in [9.17, 15) is 4.79 Å². The van der Waals surface area contributed by atoms with E-state index >= 15 is 0 Å². The van der Waals surface area contributed by atoms with E-state index in [1.165, 1.54) is 0 Å². The van der Waals surface area contributed by atoms with Crippen LogP contribution in [-0.2, 0) is 0 Å². The van der Waals surface area contributed by atoms with Gasteiger partial charge in [0.1, 0.15) is 0 Å². The van der Waals surface area contributed by atoms with Crippen LogP contribution >= 0.6 is 0 Å². The van der Waals surface area contributed by atoms with Gasteiger partial charge < -0.3 is 10.2 Å². The molecule has 1 aromatic rings. The summed E-state index contributed by atoms with van der Waals surface area (Å²) in [5.74, 6) is -0.0917. The summed E-state index contributed by atoms with van der Waals surface area (Å²) in [5, 5.41) is 11.1. The fourth-order valence-corrected chi connectivity index (χ4v) is 1.69. The highest BCUT2D eigenvalue weighted by atomic mass is 16.2. The molecule has 0 bridgehead atoms. The molecular formula is C11H17N5O. The van der Waals surface area contributed by atoms with Crippen LogP contribution in [0.5, 0.6) is 0 Å². The van der Waals surface area contributed by atoms with E-state index in [2.05, 4.69) is 22.2 Å². The van der Waals surface area contributed by atoms with Gasteiger partial charge in [-0.1, -0.05) is 11.3 Å². The molecule has 0 saturated carbocycles. The highest BCUT2D eigenvalue weighted by Crippen LogP contribution is 2.10. The van der Waals surface area contributed by atoms with Crippen molar-refractivity contribution in [1.82, 2.24) is 25.2 Å². The smallest absolute Gasteiger partial charge is 0.276 e. The topological polar surface area (TPSA) is 63.1 Å². The number of likely N-dealkylation sites (N-methyl/N-ethyl adjacent to an activating group) is 1. The SMILES string of the molecule is C=CCN(CC)C(=O)c1cn(C2CNC2)nn1. The van der Waals surface area contributed by atoms with Gasteiger partial charge in [-0.3, -0.25) is 4.79 Å². The van der Waals surface area contributed by atoms with Crippen LogP contribution in [0.25, 0.3) is 0 Å². The normalized spacial score (nSPS) is 15.4. The number of aromatic nitrogens is 3. The maximum absolute atomic E-state index is 12.1. The zero-order valence-corrected chi connectivity index (χ0v) is 9.96. The molecule has 2 rings (SSSR count). The van der Waals surface area contributed by atoms with Crippen molar-refractivity contribution in [2.45, 2.75) is 13.0 Å². The Morgan fingerprint density at radius 1 is 1.76 bits per heavy atom. The number of nitrogens with one attached hydrogen (secondary N) is 1. The number of carbonyl (C=O) groups is 1. The number of hydrogen-bond acceptors (Lipinski definition) is 4. The Labute approximate surface area is 100 Å². The maximum atomic E-state index is 12.1. The van der Waals surface area contributed by atoms with Gasteiger partial charge in [-0.15, -0.1) is 11.7 Å². The van der Waals surface area contributed by atoms with Crippen LogP contribution in [0.2, 0.25) is 0 Å². The van der Waals surface area contributed by atoms with E-state index in [-0.39, 0.29) is 5.91 Å². The van der Waals surface area contributed by atoms with Gasteiger partial charge in [0.15, 0.2) is 5.69 Å². The lowest BCUT2D eigenvalue weighted by Gasteiger charge is -2.26. The van der Waals surface area contributed by atoms with Crippen molar-refractivity contribution in [3.63, 3.8) is 0 Å². The number of nitrogens with zero attached hydrogens (tertiary/aromatic N) is 4. The molecule has 17 heavy (non-hydrogen) atoms. The van der Waals surface area contributed by atoms with E-state index < -0.39 is 0 Å². The summed E-state index contributed by atoms with van der Waals surface area (Å²) in [4.78, 5) is 13.7. The minimum atomic E-state index is -0.0917. The second-order valence-corrected chi connectivity index (χ2v) is 4.03. The summed E-state index contributed by atoms with van der Waals surface area (Å²) in [5.41, 5.74) is 0.403. The monoisotopic (exact) mass is 235 g/mol. The van der Waals surface area contributed by atoms with Crippen LogP contribution in [0.1, 0.15) is 23.5 Å². The molecule has 1 aromatic heterocycles. The van der Waals surface area contributed by atoms with E-state index in [0.29, 0.717) is 24.8 Å². The van der Waals surface area contributed by atoms with Crippen molar-refractivity contribution in [2.24, 2.45) is 0 Å². The third-order valence-electron chi connectivity index (χ3n) is 2.88. The third kappa shape index (κ3) is 2.36. The number of rotatable bonds is 5. The number of hydrogen-bond donors (Lipinski definition) is 1. The van der Waals surface area contributed by atoms with E-state index in [4.69, 9.17) is 0 Å². The molecule has 1 aliphatic heterocycles. The predicted octanol–water partition coefficient (Wildman–Crippen LogP) is 0.0705. The van der Waals surface area contributed by atoms with Gasteiger partial charge in [-0.05, 0) is 6.92 Å². The molecule has 0 atom stereocenters. The zero-order valence-electron chi connectivity index (χ0n) is 9.96. The van der Waals surface area contributed by atoms with Gasteiger partial charge in [0.25, 0.3) is 5.91 Å². The van der Waals surface area contributed by atoms with Gasteiger partial charge in [0.05, 0.1) is 12.2 Å². The molecular weight excluding hydrogens is 218 g/mol. The summed E-state index contributed by atoms with van der Waals surface area (Å²) in [7, 11) is 0. The highest BCUT2D eigenvalue weighted by Gasteiger charge is 2.23. The quantitative estimate of drug-likeness (QED) is 0.734. The molecule has 0 spiro atoms. The van der Waals surface area contributed by atoms with E-state index in [1.807, 2.05) is 6.92 Å². The molecule has 6 heteroatoms. The summed E-state index contributed by atoms with van der Waals surface area (Å²) in [6, 6.07) is 0.332. The summed E-state index contributed by atoms with van der Waals surface area (Å²) in [6.07, 6.45) is 3.43. The first-order chi connectivity index (χ1) is 8.26. The van der Waals surface area contributed by atoms with Crippen molar-refractivity contribution in [2.75, 3.05) is 26.2 Å². The van der Waals surface area contributed by atoms with Crippen LogP contribution in [0.4, 0.5) is 0 Å². The second kappa shape index (κ2) is 5.09. The highest BCUT2D eigenvalue weighted by molar-refractivity contribution is 5.92. The molecule has 1 saturated heterocycles.